The second-order valence-corrected chi connectivity index (χ2v) is 9.03. The number of aliphatic carboxylic acids is 1. The Morgan fingerprint density at radius 3 is 2.03 bits per heavy atom. The number of carbonyl (C=O) groups excluding carboxylic acids is 3. The van der Waals surface area contributed by atoms with E-state index in [1.165, 1.54) is 12.1 Å². The molecular weight excluding hydrogens is 464 g/mol. The smallest absolute Gasteiger partial charge is 0.326 e. The lowest BCUT2D eigenvalue weighted by molar-refractivity contribution is -0.141. The maximum atomic E-state index is 12.8. The number of carboxylic acid groups (broad SMARTS) is 1. The summed E-state index contributed by atoms with van der Waals surface area (Å²) in [5, 5.41) is 26.3. The van der Waals surface area contributed by atoms with E-state index in [1.54, 1.807) is 12.1 Å². The van der Waals surface area contributed by atoms with Gasteiger partial charge in [-0.15, -0.1) is 0 Å². The number of amides is 3. The van der Waals surface area contributed by atoms with Crippen LogP contribution in [0.15, 0.2) is 54.6 Å². The molecule has 0 saturated carbocycles. The molecule has 0 aliphatic rings. The van der Waals surface area contributed by atoms with E-state index in [0.29, 0.717) is 18.4 Å². The van der Waals surface area contributed by atoms with E-state index >= 15 is 0 Å². The van der Waals surface area contributed by atoms with Gasteiger partial charge in [0.2, 0.25) is 17.7 Å². The molecular formula is C26H34N4O6. The number of carbonyl (C=O) groups is 4. The standard InChI is InChI=1S/C26H34N4O6/c1-16(2)12-21(30-24(33)20(27)13-17-6-4-3-5-7-17)25(34)28-15-23(32)29-22(26(35)36)14-18-8-10-19(31)11-9-18/h3-11,16,20-22,31H,12-15,27H2,1-2H3,(H,28,34)(H,29,32)(H,30,33)(H,35,36). The Balaban J connectivity index is 1.92. The summed E-state index contributed by atoms with van der Waals surface area (Å²) in [4.78, 5) is 49.3. The van der Waals surface area contributed by atoms with Crippen LogP contribution in [0.2, 0.25) is 0 Å². The van der Waals surface area contributed by atoms with Crippen molar-refractivity contribution in [2.75, 3.05) is 6.54 Å². The van der Waals surface area contributed by atoms with Crippen LogP contribution < -0.4 is 21.7 Å². The summed E-state index contributed by atoms with van der Waals surface area (Å²) in [5.74, 6) is -2.86. The van der Waals surface area contributed by atoms with Crippen molar-refractivity contribution in [2.24, 2.45) is 11.7 Å². The molecule has 36 heavy (non-hydrogen) atoms. The zero-order valence-electron chi connectivity index (χ0n) is 20.4. The summed E-state index contributed by atoms with van der Waals surface area (Å²) in [6.45, 7) is 3.33. The molecule has 0 fully saturated rings. The lowest BCUT2D eigenvalue weighted by atomic mass is 10.0. The predicted molar refractivity (Wildman–Crippen MR) is 134 cm³/mol. The maximum absolute atomic E-state index is 12.8. The largest absolute Gasteiger partial charge is 0.508 e. The lowest BCUT2D eigenvalue weighted by Crippen LogP contribution is -2.54. The number of phenolic OH excluding ortho intramolecular Hbond substituents is 1. The fraction of sp³-hybridized carbons (Fsp3) is 0.385. The number of hydrogen-bond donors (Lipinski definition) is 6. The van der Waals surface area contributed by atoms with Gasteiger partial charge in [0.15, 0.2) is 0 Å². The van der Waals surface area contributed by atoms with Crippen molar-refractivity contribution in [3.05, 3.63) is 65.7 Å². The minimum atomic E-state index is -1.24. The van der Waals surface area contributed by atoms with Crippen molar-refractivity contribution in [3.8, 4) is 5.75 Å². The summed E-state index contributed by atoms with van der Waals surface area (Å²) in [5.41, 5.74) is 7.53. The average molecular weight is 499 g/mol. The van der Waals surface area contributed by atoms with E-state index in [-0.39, 0.29) is 18.1 Å². The Morgan fingerprint density at radius 1 is 0.833 bits per heavy atom. The average Bonchev–Trinajstić information content (AvgIpc) is 2.83. The normalized spacial score (nSPS) is 13.3. The van der Waals surface area contributed by atoms with Crippen LogP contribution in [0.3, 0.4) is 0 Å². The lowest BCUT2D eigenvalue weighted by Gasteiger charge is -2.22. The number of hydrogen-bond acceptors (Lipinski definition) is 6. The molecule has 0 aromatic heterocycles. The Hall–Kier alpha value is -3.92. The SMILES string of the molecule is CC(C)CC(NC(=O)C(N)Cc1ccccc1)C(=O)NCC(=O)NC(Cc1ccc(O)cc1)C(=O)O. The topological polar surface area (TPSA) is 171 Å². The fourth-order valence-electron chi connectivity index (χ4n) is 3.55. The van der Waals surface area contributed by atoms with Crippen LogP contribution >= 0.6 is 0 Å². The molecule has 0 aliphatic carbocycles. The first-order valence-corrected chi connectivity index (χ1v) is 11.7. The third kappa shape index (κ3) is 9.75. The van der Waals surface area contributed by atoms with Crippen molar-refractivity contribution in [1.82, 2.24) is 16.0 Å². The van der Waals surface area contributed by atoms with Crippen LogP contribution in [0, 0.1) is 5.92 Å². The van der Waals surface area contributed by atoms with Crippen molar-refractivity contribution < 1.29 is 29.4 Å². The van der Waals surface area contributed by atoms with Gasteiger partial charge in [0, 0.05) is 6.42 Å². The van der Waals surface area contributed by atoms with Crippen molar-refractivity contribution in [1.29, 1.82) is 0 Å². The molecule has 2 aromatic rings. The molecule has 194 valence electrons. The van der Waals surface area contributed by atoms with Crippen molar-refractivity contribution in [2.45, 2.75) is 51.2 Å². The van der Waals surface area contributed by atoms with Gasteiger partial charge in [0.05, 0.1) is 12.6 Å². The molecule has 0 bridgehead atoms. The summed E-state index contributed by atoms with van der Waals surface area (Å²) < 4.78 is 0. The quantitative estimate of drug-likeness (QED) is 0.236. The van der Waals surface area contributed by atoms with Gasteiger partial charge in [-0.2, -0.15) is 0 Å². The molecule has 0 saturated heterocycles. The third-order valence-electron chi connectivity index (χ3n) is 5.41. The second kappa shape index (κ2) is 13.8. The van der Waals surface area contributed by atoms with E-state index in [2.05, 4.69) is 16.0 Å². The molecule has 0 aliphatic heterocycles. The van der Waals surface area contributed by atoms with E-state index in [0.717, 1.165) is 5.56 Å². The van der Waals surface area contributed by atoms with Gasteiger partial charge in [0.25, 0.3) is 0 Å². The summed E-state index contributed by atoms with van der Waals surface area (Å²) in [7, 11) is 0. The molecule has 2 rings (SSSR count). The van der Waals surface area contributed by atoms with E-state index in [9.17, 15) is 29.4 Å². The minimum Gasteiger partial charge on any atom is -0.508 e. The van der Waals surface area contributed by atoms with Gasteiger partial charge in [-0.3, -0.25) is 14.4 Å². The first-order chi connectivity index (χ1) is 17.0. The molecule has 3 unspecified atom stereocenters. The Kier molecular flexibility index (Phi) is 10.9. The molecule has 0 radical (unpaired) electrons. The number of phenols is 1. The van der Waals surface area contributed by atoms with Crippen molar-refractivity contribution >= 4 is 23.7 Å². The molecule has 2 aromatic carbocycles. The molecule has 0 spiro atoms. The molecule has 0 heterocycles. The number of carboxylic acids is 1. The monoisotopic (exact) mass is 498 g/mol. The van der Waals surface area contributed by atoms with Gasteiger partial charge in [0.1, 0.15) is 17.8 Å². The highest BCUT2D eigenvalue weighted by Crippen LogP contribution is 2.11. The van der Waals surface area contributed by atoms with Crippen LogP contribution in [0.5, 0.6) is 5.75 Å². The molecule has 3 amide bonds. The summed E-state index contributed by atoms with van der Waals surface area (Å²) in [6.07, 6.45) is 0.638. The minimum absolute atomic E-state index is 0.000629. The zero-order valence-corrected chi connectivity index (χ0v) is 20.4. The fourth-order valence-corrected chi connectivity index (χ4v) is 3.55. The number of nitrogens with two attached hydrogens (primary N) is 1. The van der Waals surface area contributed by atoms with E-state index in [1.807, 2.05) is 44.2 Å². The van der Waals surface area contributed by atoms with Crippen LogP contribution in [0.4, 0.5) is 0 Å². The second-order valence-electron chi connectivity index (χ2n) is 9.03. The van der Waals surface area contributed by atoms with Crippen LogP contribution in [0.1, 0.15) is 31.4 Å². The summed E-state index contributed by atoms with van der Waals surface area (Å²) in [6, 6.07) is 12.2. The highest BCUT2D eigenvalue weighted by atomic mass is 16.4. The summed E-state index contributed by atoms with van der Waals surface area (Å²) >= 11 is 0. The van der Waals surface area contributed by atoms with Crippen LogP contribution in [-0.2, 0) is 32.0 Å². The van der Waals surface area contributed by atoms with Crippen LogP contribution in [0.25, 0.3) is 0 Å². The first-order valence-electron chi connectivity index (χ1n) is 11.7. The van der Waals surface area contributed by atoms with Gasteiger partial charge in [-0.05, 0) is 42.0 Å². The first kappa shape index (κ1) is 28.3. The molecule has 7 N–H and O–H groups in total. The van der Waals surface area contributed by atoms with Crippen molar-refractivity contribution in [3.63, 3.8) is 0 Å². The number of nitrogens with one attached hydrogen (secondary N) is 3. The van der Waals surface area contributed by atoms with Crippen LogP contribution in [-0.4, -0.2) is 58.6 Å². The Bertz CT molecular complexity index is 1030. The predicted octanol–water partition coefficient (Wildman–Crippen LogP) is 0.721. The molecule has 10 heteroatoms. The maximum Gasteiger partial charge on any atom is 0.326 e. The Morgan fingerprint density at radius 2 is 1.44 bits per heavy atom. The molecule has 10 nitrogen and oxygen atoms in total. The van der Waals surface area contributed by atoms with Gasteiger partial charge in [-0.1, -0.05) is 56.3 Å². The zero-order chi connectivity index (χ0) is 26.7. The van der Waals surface area contributed by atoms with E-state index in [4.69, 9.17) is 5.73 Å². The van der Waals surface area contributed by atoms with Gasteiger partial charge in [-0.25, -0.2) is 4.79 Å². The molecule has 3 atom stereocenters. The van der Waals surface area contributed by atoms with Gasteiger partial charge < -0.3 is 31.9 Å². The van der Waals surface area contributed by atoms with Gasteiger partial charge >= 0.3 is 5.97 Å². The highest BCUT2D eigenvalue weighted by molar-refractivity contribution is 5.92. The Labute approximate surface area is 210 Å². The number of benzene rings is 2. The highest BCUT2D eigenvalue weighted by Gasteiger charge is 2.26. The number of aromatic hydroxyl groups is 1. The third-order valence-corrected chi connectivity index (χ3v) is 5.41. The van der Waals surface area contributed by atoms with E-state index < -0.39 is 48.4 Å². The number of rotatable bonds is 13.